The van der Waals surface area contributed by atoms with Crippen LogP contribution in [0.15, 0.2) is 4.42 Å². The lowest BCUT2D eigenvalue weighted by molar-refractivity contribution is 0.511. The van der Waals surface area contributed by atoms with Gasteiger partial charge in [-0.2, -0.15) is 0 Å². The van der Waals surface area contributed by atoms with Crippen LogP contribution in [-0.4, -0.2) is 22.6 Å². The van der Waals surface area contributed by atoms with Gasteiger partial charge in [-0.15, -0.1) is 16.7 Å². The van der Waals surface area contributed by atoms with Crippen LogP contribution < -0.4 is 5.32 Å². The van der Waals surface area contributed by atoms with Crippen molar-refractivity contribution in [1.29, 1.82) is 0 Å². The Morgan fingerprint density at radius 3 is 2.93 bits per heavy atom. The highest BCUT2D eigenvalue weighted by Crippen LogP contribution is 2.06. The van der Waals surface area contributed by atoms with Crippen molar-refractivity contribution in [2.24, 2.45) is 0 Å². The van der Waals surface area contributed by atoms with Crippen molar-refractivity contribution in [2.75, 3.05) is 17.7 Å². The van der Waals surface area contributed by atoms with Crippen LogP contribution in [0.5, 0.6) is 0 Å². The number of hydrogen-bond donors (Lipinski definition) is 1. The fourth-order valence-corrected chi connectivity index (χ4v) is 1.24. The van der Waals surface area contributed by atoms with Crippen LogP contribution in [-0.2, 0) is 6.42 Å². The molecule has 0 spiro atoms. The Bertz CT molecular complexity index is 252. The van der Waals surface area contributed by atoms with Gasteiger partial charge in [0, 0.05) is 18.8 Å². The molecule has 0 unspecified atom stereocenters. The maximum absolute atomic E-state index is 5.54. The van der Waals surface area contributed by atoms with Crippen molar-refractivity contribution < 1.29 is 4.42 Å². The van der Waals surface area contributed by atoms with E-state index in [2.05, 4.69) is 22.4 Å². The van der Waals surface area contributed by atoms with Crippen LogP contribution in [0.4, 0.5) is 6.01 Å². The molecule has 0 aliphatic heterocycles. The molecule has 0 fully saturated rings. The maximum Gasteiger partial charge on any atom is 0.315 e. The lowest BCUT2D eigenvalue weighted by atomic mass is 10.2. The third kappa shape index (κ3) is 3.96. The van der Waals surface area contributed by atoms with Crippen molar-refractivity contribution in [2.45, 2.75) is 32.6 Å². The molecular weight excluding hydrogens is 202 g/mol. The zero-order chi connectivity index (χ0) is 10.2. The SMILES string of the molecule is CCCCCNc1nnc(CCCl)o1. The first-order valence-electron chi connectivity index (χ1n) is 4.99. The molecule has 1 aromatic heterocycles. The Morgan fingerprint density at radius 2 is 2.21 bits per heavy atom. The topological polar surface area (TPSA) is 51.0 Å². The number of nitrogens with zero attached hydrogens (tertiary/aromatic N) is 2. The van der Waals surface area contributed by atoms with Gasteiger partial charge in [0.15, 0.2) is 0 Å². The number of rotatable bonds is 7. The van der Waals surface area contributed by atoms with E-state index in [1.54, 1.807) is 0 Å². The largest absolute Gasteiger partial charge is 0.408 e. The summed E-state index contributed by atoms with van der Waals surface area (Å²) in [6.45, 7) is 3.06. The molecule has 1 heterocycles. The van der Waals surface area contributed by atoms with Crippen molar-refractivity contribution in [3.05, 3.63) is 5.89 Å². The molecule has 1 rings (SSSR count). The number of alkyl halides is 1. The number of anilines is 1. The Kier molecular flexibility index (Phi) is 5.37. The van der Waals surface area contributed by atoms with E-state index >= 15 is 0 Å². The Morgan fingerprint density at radius 1 is 1.36 bits per heavy atom. The van der Waals surface area contributed by atoms with Crippen LogP contribution in [0.3, 0.4) is 0 Å². The molecule has 0 aliphatic carbocycles. The molecule has 80 valence electrons. The Balaban J connectivity index is 2.22. The average Bonchev–Trinajstić information content (AvgIpc) is 2.61. The second-order valence-corrected chi connectivity index (χ2v) is 3.45. The zero-order valence-electron chi connectivity index (χ0n) is 8.42. The van der Waals surface area contributed by atoms with E-state index in [1.807, 2.05) is 0 Å². The molecule has 1 N–H and O–H groups in total. The number of nitrogens with one attached hydrogen (secondary N) is 1. The molecular formula is C9H16ClN3O. The van der Waals surface area contributed by atoms with Gasteiger partial charge in [-0.25, -0.2) is 0 Å². The van der Waals surface area contributed by atoms with E-state index in [9.17, 15) is 0 Å². The van der Waals surface area contributed by atoms with Crippen molar-refractivity contribution in [3.63, 3.8) is 0 Å². The maximum atomic E-state index is 5.54. The van der Waals surface area contributed by atoms with E-state index in [0.717, 1.165) is 13.0 Å². The standard InChI is InChI=1S/C9H16ClN3O/c1-2-3-4-7-11-9-13-12-8(14-9)5-6-10/h2-7H2,1H3,(H,11,13). The minimum Gasteiger partial charge on any atom is -0.408 e. The van der Waals surface area contributed by atoms with Gasteiger partial charge in [-0.05, 0) is 6.42 Å². The summed E-state index contributed by atoms with van der Waals surface area (Å²) in [4.78, 5) is 0. The summed E-state index contributed by atoms with van der Waals surface area (Å²) < 4.78 is 5.29. The lowest BCUT2D eigenvalue weighted by Crippen LogP contribution is -2.01. The molecule has 4 nitrogen and oxygen atoms in total. The summed E-state index contributed by atoms with van der Waals surface area (Å²) >= 11 is 5.54. The fraction of sp³-hybridized carbons (Fsp3) is 0.778. The van der Waals surface area contributed by atoms with Gasteiger partial charge in [0.2, 0.25) is 5.89 Å². The quantitative estimate of drug-likeness (QED) is 0.563. The summed E-state index contributed by atoms with van der Waals surface area (Å²) in [5.41, 5.74) is 0. The predicted molar refractivity (Wildman–Crippen MR) is 56.7 cm³/mol. The smallest absolute Gasteiger partial charge is 0.315 e. The van der Waals surface area contributed by atoms with E-state index in [4.69, 9.17) is 16.0 Å². The summed E-state index contributed by atoms with van der Waals surface area (Å²) in [7, 11) is 0. The minimum atomic E-state index is 0.501. The van der Waals surface area contributed by atoms with E-state index in [0.29, 0.717) is 24.2 Å². The van der Waals surface area contributed by atoms with Crippen LogP contribution in [0.2, 0.25) is 0 Å². The van der Waals surface area contributed by atoms with Gasteiger partial charge in [-0.3, -0.25) is 0 Å². The summed E-state index contributed by atoms with van der Waals surface area (Å²) in [6, 6.07) is 0.501. The summed E-state index contributed by atoms with van der Waals surface area (Å²) in [6.07, 6.45) is 4.19. The second-order valence-electron chi connectivity index (χ2n) is 3.07. The first kappa shape index (κ1) is 11.3. The highest BCUT2D eigenvalue weighted by atomic mass is 35.5. The first-order valence-corrected chi connectivity index (χ1v) is 5.52. The number of aryl methyl sites for hydroxylation is 1. The summed E-state index contributed by atoms with van der Waals surface area (Å²) in [5, 5.41) is 10.8. The molecule has 0 aliphatic rings. The number of hydrogen-bond acceptors (Lipinski definition) is 4. The second kappa shape index (κ2) is 6.65. The molecule has 5 heteroatoms. The monoisotopic (exact) mass is 217 g/mol. The number of aromatic nitrogens is 2. The fourth-order valence-electron chi connectivity index (χ4n) is 1.08. The van der Waals surface area contributed by atoms with Gasteiger partial charge in [0.25, 0.3) is 0 Å². The number of unbranched alkanes of at least 4 members (excludes halogenated alkanes) is 2. The van der Waals surface area contributed by atoms with Gasteiger partial charge < -0.3 is 9.73 Å². The third-order valence-corrected chi connectivity index (χ3v) is 2.02. The van der Waals surface area contributed by atoms with Crippen LogP contribution >= 0.6 is 11.6 Å². The molecule has 0 saturated carbocycles. The predicted octanol–water partition coefficient (Wildman–Crippen LogP) is 2.45. The highest BCUT2D eigenvalue weighted by molar-refractivity contribution is 6.17. The van der Waals surface area contributed by atoms with E-state index in [-0.39, 0.29) is 0 Å². The normalized spacial score (nSPS) is 10.4. The van der Waals surface area contributed by atoms with Crippen molar-refractivity contribution >= 4 is 17.6 Å². The van der Waals surface area contributed by atoms with Crippen molar-refractivity contribution in [1.82, 2.24) is 10.2 Å². The first-order chi connectivity index (χ1) is 6.86. The molecule has 0 bridgehead atoms. The minimum absolute atomic E-state index is 0.501. The van der Waals surface area contributed by atoms with E-state index < -0.39 is 0 Å². The van der Waals surface area contributed by atoms with E-state index in [1.165, 1.54) is 12.8 Å². The zero-order valence-corrected chi connectivity index (χ0v) is 9.18. The van der Waals surface area contributed by atoms with Gasteiger partial charge in [-0.1, -0.05) is 24.9 Å². The van der Waals surface area contributed by atoms with Gasteiger partial charge >= 0.3 is 6.01 Å². The summed E-state index contributed by atoms with van der Waals surface area (Å²) in [5.74, 6) is 1.11. The Hall–Kier alpha value is -0.770. The van der Waals surface area contributed by atoms with Crippen molar-refractivity contribution in [3.8, 4) is 0 Å². The highest BCUT2D eigenvalue weighted by Gasteiger charge is 2.03. The molecule has 0 atom stereocenters. The molecule has 14 heavy (non-hydrogen) atoms. The third-order valence-electron chi connectivity index (χ3n) is 1.83. The molecule has 0 saturated heterocycles. The molecule has 0 amide bonds. The molecule has 1 aromatic rings. The lowest BCUT2D eigenvalue weighted by Gasteiger charge is -1.98. The van der Waals surface area contributed by atoms with Crippen LogP contribution in [0.1, 0.15) is 32.1 Å². The Labute approximate surface area is 89.0 Å². The number of halogens is 1. The molecule has 0 aromatic carbocycles. The van der Waals surface area contributed by atoms with Gasteiger partial charge in [0.05, 0.1) is 0 Å². The van der Waals surface area contributed by atoms with Crippen LogP contribution in [0, 0.1) is 0 Å². The average molecular weight is 218 g/mol. The van der Waals surface area contributed by atoms with Gasteiger partial charge in [0.1, 0.15) is 0 Å². The molecule has 0 radical (unpaired) electrons. The van der Waals surface area contributed by atoms with Crippen LogP contribution in [0.25, 0.3) is 0 Å².